The van der Waals surface area contributed by atoms with Crippen LogP contribution in [0.25, 0.3) is 11.4 Å². The van der Waals surface area contributed by atoms with Crippen molar-refractivity contribution in [2.24, 2.45) is 0 Å². The second-order valence-corrected chi connectivity index (χ2v) is 4.33. The van der Waals surface area contributed by atoms with Crippen molar-refractivity contribution in [3.05, 3.63) is 45.1 Å². The number of benzene rings is 1. The van der Waals surface area contributed by atoms with Crippen LogP contribution in [0, 0.1) is 16.3 Å². The van der Waals surface area contributed by atoms with Crippen molar-refractivity contribution in [2.45, 2.75) is 0 Å². The molecule has 0 aliphatic heterocycles. The molecular formula is C10H5BrF2N2S. The molecule has 0 saturated heterocycles. The Balaban J connectivity index is 2.58. The van der Waals surface area contributed by atoms with Crippen LogP contribution in [0.2, 0.25) is 0 Å². The maximum absolute atomic E-state index is 13.0. The molecule has 0 fully saturated rings. The summed E-state index contributed by atoms with van der Waals surface area (Å²) in [6.07, 6.45) is 1.48. The van der Waals surface area contributed by atoms with E-state index in [1.807, 2.05) is 0 Å². The summed E-state index contributed by atoms with van der Waals surface area (Å²) in [4.78, 5) is 6.76. The van der Waals surface area contributed by atoms with Crippen molar-refractivity contribution in [1.29, 1.82) is 0 Å². The van der Waals surface area contributed by atoms with E-state index in [2.05, 4.69) is 25.9 Å². The van der Waals surface area contributed by atoms with Crippen LogP contribution in [0.15, 0.2) is 28.9 Å². The van der Waals surface area contributed by atoms with E-state index in [9.17, 15) is 8.78 Å². The van der Waals surface area contributed by atoms with Gasteiger partial charge in [-0.2, -0.15) is 0 Å². The first-order valence-corrected chi connectivity index (χ1v) is 5.47. The van der Waals surface area contributed by atoms with Gasteiger partial charge in [-0.05, 0) is 28.1 Å². The zero-order valence-electron chi connectivity index (χ0n) is 7.80. The molecule has 0 atom stereocenters. The molecule has 16 heavy (non-hydrogen) atoms. The van der Waals surface area contributed by atoms with E-state index >= 15 is 0 Å². The summed E-state index contributed by atoms with van der Waals surface area (Å²) < 4.78 is 27.0. The van der Waals surface area contributed by atoms with Gasteiger partial charge in [0, 0.05) is 17.8 Å². The average molecular weight is 303 g/mol. The van der Waals surface area contributed by atoms with Gasteiger partial charge in [0.2, 0.25) is 0 Å². The Morgan fingerprint density at radius 3 is 2.38 bits per heavy atom. The van der Waals surface area contributed by atoms with Crippen LogP contribution in [0.5, 0.6) is 0 Å². The summed E-state index contributed by atoms with van der Waals surface area (Å²) in [5.74, 6) is -0.982. The third-order valence-corrected chi connectivity index (χ3v) is 3.08. The van der Waals surface area contributed by atoms with E-state index < -0.39 is 11.6 Å². The molecule has 0 bridgehead atoms. The fourth-order valence-electron chi connectivity index (χ4n) is 1.22. The Morgan fingerprint density at radius 2 is 1.81 bits per heavy atom. The predicted octanol–water partition coefficient (Wildman–Crippen LogP) is 3.85. The summed E-state index contributed by atoms with van der Waals surface area (Å²) in [7, 11) is 0. The van der Waals surface area contributed by atoms with Crippen LogP contribution < -0.4 is 0 Å². The molecule has 2 aromatic rings. The van der Waals surface area contributed by atoms with Crippen LogP contribution in [0.1, 0.15) is 0 Å². The number of aromatic nitrogens is 2. The Kier molecular flexibility index (Phi) is 3.11. The lowest BCUT2D eigenvalue weighted by molar-refractivity contribution is 0.584. The van der Waals surface area contributed by atoms with Crippen LogP contribution in [-0.4, -0.2) is 9.97 Å². The smallest absolute Gasteiger partial charge is 0.138 e. The topological polar surface area (TPSA) is 28.7 Å². The Hall–Kier alpha value is -1.14. The molecule has 0 aliphatic rings. The maximum atomic E-state index is 13.0. The minimum absolute atomic E-state index is 0.316. The molecule has 2 rings (SSSR count). The summed E-state index contributed by atoms with van der Waals surface area (Å²) in [6.45, 7) is 0. The zero-order chi connectivity index (χ0) is 11.7. The van der Waals surface area contributed by atoms with Crippen LogP contribution in [-0.2, 0) is 0 Å². The minimum atomic E-state index is -0.654. The van der Waals surface area contributed by atoms with E-state index in [-0.39, 0.29) is 0 Å². The SMILES string of the molecule is Fc1cc(F)cc(-c2ncc(Br)c(=S)[nH]2)c1. The average Bonchev–Trinajstić information content (AvgIpc) is 2.20. The third kappa shape index (κ3) is 2.33. The number of nitrogens with one attached hydrogen (secondary N) is 1. The summed E-state index contributed by atoms with van der Waals surface area (Å²) >= 11 is 8.16. The van der Waals surface area contributed by atoms with Gasteiger partial charge in [-0.1, -0.05) is 12.2 Å². The van der Waals surface area contributed by atoms with Gasteiger partial charge in [0.25, 0.3) is 0 Å². The van der Waals surface area contributed by atoms with Crippen LogP contribution >= 0.6 is 28.1 Å². The first kappa shape index (κ1) is 11.3. The molecule has 1 aromatic heterocycles. The molecule has 0 saturated carbocycles. The summed E-state index contributed by atoms with van der Waals surface area (Å²) in [5.41, 5.74) is 0.316. The van der Waals surface area contributed by atoms with Crippen LogP contribution in [0.3, 0.4) is 0 Å². The van der Waals surface area contributed by atoms with Gasteiger partial charge in [-0.25, -0.2) is 13.8 Å². The molecule has 6 heteroatoms. The molecule has 1 heterocycles. The van der Waals surface area contributed by atoms with E-state index in [0.29, 0.717) is 20.5 Å². The van der Waals surface area contributed by atoms with Crippen molar-refractivity contribution >= 4 is 28.1 Å². The molecule has 1 aromatic carbocycles. The fourth-order valence-corrected chi connectivity index (χ4v) is 1.57. The lowest BCUT2D eigenvalue weighted by Crippen LogP contribution is -1.91. The molecule has 0 amide bonds. The number of rotatable bonds is 1. The van der Waals surface area contributed by atoms with Gasteiger partial charge < -0.3 is 4.98 Å². The van der Waals surface area contributed by atoms with Crippen LogP contribution in [0.4, 0.5) is 8.78 Å². The van der Waals surface area contributed by atoms with Gasteiger partial charge in [0.1, 0.15) is 22.1 Å². The molecule has 2 nitrogen and oxygen atoms in total. The van der Waals surface area contributed by atoms with Gasteiger partial charge in [-0.3, -0.25) is 0 Å². The van der Waals surface area contributed by atoms with Crippen molar-refractivity contribution in [2.75, 3.05) is 0 Å². The number of hydrogen-bond donors (Lipinski definition) is 1. The van der Waals surface area contributed by atoms with Gasteiger partial charge in [0.05, 0.1) is 4.47 Å². The highest BCUT2D eigenvalue weighted by Gasteiger charge is 2.05. The lowest BCUT2D eigenvalue weighted by atomic mass is 10.2. The predicted molar refractivity (Wildman–Crippen MR) is 62.5 cm³/mol. The molecule has 0 spiro atoms. The fraction of sp³-hybridized carbons (Fsp3) is 0. The largest absolute Gasteiger partial charge is 0.330 e. The second-order valence-electron chi connectivity index (χ2n) is 3.07. The van der Waals surface area contributed by atoms with E-state index in [0.717, 1.165) is 6.07 Å². The lowest BCUT2D eigenvalue weighted by Gasteiger charge is -2.02. The minimum Gasteiger partial charge on any atom is -0.330 e. The number of hydrogen-bond acceptors (Lipinski definition) is 2. The standard InChI is InChI=1S/C10H5BrF2N2S/c11-8-4-14-9(15-10(8)16)5-1-6(12)3-7(13)2-5/h1-4H,(H,14,15,16). The number of H-pyrrole nitrogens is 1. The normalized spacial score (nSPS) is 10.4. The second kappa shape index (κ2) is 4.39. The highest BCUT2D eigenvalue weighted by Crippen LogP contribution is 2.19. The molecule has 0 radical (unpaired) electrons. The molecule has 1 N–H and O–H groups in total. The Morgan fingerprint density at radius 1 is 1.19 bits per heavy atom. The van der Waals surface area contributed by atoms with Crippen molar-refractivity contribution in [1.82, 2.24) is 9.97 Å². The highest BCUT2D eigenvalue weighted by atomic mass is 79.9. The molecule has 82 valence electrons. The summed E-state index contributed by atoms with van der Waals surface area (Å²) in [6, 6.07) is 3.17. The van der Waals surface area contributed by atoms with Crippen molar-refractivity contribution < 1.29 is 8.78 Å². The van der Waals surface area contributed by atoms with Gasteiger partial charge in [-0.15, -0.1) is 0 Å². The third-order valence-electron chi connectivity index (χ3n) is 1.89. The van der Waals surface area contributed by atoms with Gasteiger partial charge in [0.15, 0.2) is 0 Å². The zero-order valence-corrected chi connectivity index (χ0v) is 10.2. The van der Waals surface area contributed by atoms with Gasteiger partial charge >= 0.3 is 0 Å². The summed E-state index contributed by atoms with van der Waals surface area (Å²) in [5, 5.41) is 0. The molecule has 0 unspecified atom stereocenters. The first-order valence-electron chi connectivity index (χ1n) is 4.27. The maximum Gasteiger partial charge on any atom is 0.138 e. The monoisotopic (exact) mass is 302 g/mol. The molecule has 0 aliphatic carbocycles. The first-order chi connectivity index (χ1) is 7.56. The van der Waals surface area contributed by atoms with Crippen molar-refractivity contribution in [3.8, 4) is 11.4 Å². The quantitative estimate of drug-likeness (QED) is 0.811. The number of aromatic amines is 1. The highest BCUT2D eigenvalue weighted by molar-refractivity contribution is 9.10. The Labute approximate surface area is 103 Å². The Bertz CT molecular complexity index is 577. The van der Waals surface area contributed by atoms with E-state index in [1.54, 1.807) is 0 Å². The molecular weight excluding hydrogens is 298 g/mol. The van der Waals surface area contributed by atoms with Crippen molar-refractivity contribution in [3.63, 3.8) is 0 Å². The van der Waals surface area contributed by atoms with E-state index in [4.69, 9.17) is 12.2 Å². The number of halogens is 3. The number of nitrogens with zero attached hydrogens (tertiary/aromatic N) is 1. The van der Waals surface area contributed by atoms with E-state index in [1.165, 1.54) is 18.3 Å².